The molecule has 1 aliphatic carbocycles. The molecule has 108 valence electrons. The molecule has 19 heavy (non-hydrogen) atoms. The summed E-state index contributed by atoms with van der Waals surface area (Å²) in [4.78, 5) is 26.2. The minimum Gasteiger partial charge on any atom is -0.469 e. The van der Waals surface area contributed by atoms with Crippen LogP contribution in [-0.2, 0) is 14.3 Å². The summed E-state index contributed by atoms with van der Waals surface area (Å²) >= 11 is 0. The second kappa shape index (κ2) is 6.40. The number of likely N-dealkylation sites (tertiary alicyclic amines) is 1. The van der Waals surface area contributed by atoms with E-state index >= 15 is 0 Å². The largest absolute Gasteiger partial charge is 0.469 e. The SMILES string of the molecule is COC(=O)[C@@H]1CCC[C@H](C(=O)N2CCC[C@@H](C)C2)C1. The van der Waals surface area contributed by atoms with Crippen molar-refractivity contribution >= 4 is 11.9 Å². The summed E-state index contributed by atoms with van der Waals surface area (Å²) < 4.78 is 4.82. The number of methoxy groups -OCH3 is 1. The second-order valence-electron chi connectivity index (χ2n) is 6.12. The van der Waals surface area contributed by atoms with Gasteiger partial charge in [0.1, 0.15) is 0 Å². The third-order valence-electron chi connectivity index (χ3n) is 4.53. The molecule has 4 heteroatoms. The van der Waals surface area contributed by atoms with Gasteiger partial charge >= 0.3 is 5.97 Å². The zero-order chi connectivity index (χ0) is 13.8. The minimum absolute atomic E-state index is 0.0307. The van der Waals surface area contributed by atoms with Crippen LogP contribution in [0, 0.1) is 17.8 Å². The van der Waals surface area contributed by atoms with Crippen molar-refractivity contribution < 1.29 is 14.3 Å². The van der Waals surface area contributed by atoms with Gasteiger partial charge < -0.3 is 9.64 Å². The molecule has 0 spiro atoms. The van der Waals surface area contributed by atoms with Gasteiger partial charge in [-0.3, -0.25) is 9.59 Å². The quantitative estimate of drug-likeness (QED) is 0.721. The van der Waals surface area contributed by atoms with Crippen molar-refractivity contribution in [2.45, 2.75) is 45.4 Å². The van der Waals surface area contributed by atoms with E-state index in [1.54, 1.807) is 0 Å². The number of amides is 1. The molecule has 2 rings (SSSR count). The minimum atomic E-state index is -0.149. The highest BCUT2D eigenvalue weighted by Crippen LogP contribution is 2.32. The van der Waals surface area contributed by atoms with Gasteiger partial charge in [0.15, 0.2) is 0 Å². The number of esters is 1. The molecule has 1 amide bonds. The van der Waals surface area contributed by atoms with E-state index < -0.39 is 0 Å². The number of nitrogens with zero attached hydrogens (tertiary/aromatic N) is 1. The van der Waals surface area contributed by atoms with Crippen LogP contribution in [0.2, 0.25) is 0 Å². The Morgan fingerprint density at radius 1 is 1.11 bits per heavy atom. The molecule has 0 bridgehead atoms. The van der Waals surface area contributed by atoms with Gasteiger partial charge in [0.2, 0.25) is 5.91 Å². The monoisotopic (exact) mass is 267 g/mol. The first-order chi connectivity index (χ1) is 9.11. The fourth-order valence-electron chi connectivity index (χ4n) is 3.44. The fraction of sp³-hybridized carbons (Fsp3) is 0.867. The lowest BCUT2D eigenvalue weighted by Crippen LogP contribution is -2.44. The molecule has 1 saturated carbocycles. The van der Waals surface area contributed by atoms with E-state index in [1.807, 2.05) is 4.90 Å². The standard InChI is InChI=1S/C15H25NO3/c1-11-5-4-8-16(10-11)14(17)12-6-3-7-13(9-12)15(18)19-2/h11-13H,3-10H2,1-2H3/t11-,12+,13-/m1/s1. The first-order valence-corrected chi connectivity index (χ1v) is 7.48. The van der Waals surface area contributed by atoms with E-state index in [4.69, 9.17) is 4.74 Å². The lowest BCUT2D eigenvalue weighted by atomic mass is 9.80. The smallest absolute Gasteiger partial charge is 0.308 e. The fourth-order valence-corrected chi connectivity index (χ4v) is 3.44. The normalized spacial score (nSPS) is 31.9. The maximum atomic E-state index is 12.5. The van der Waals surface area contributed by atoms with Crippen molar-refractivity contribution in [1.82, 2.24) is 4.90 Å². The number of rotatable bonds is 2. The van der Waals surface area contributed by atoms with E-state index in [-0.39, 0.29) is 23.7 Å². The van der Waals surface area contributed by atoms with Crippen molar-refractivity contribution in [2.24, 2.45) is 17.8 Å². The van der Waals surface area contributed by atoms with Gasteiger partial charge in [-0.2, -0.15) is 0 Å². The van der Waals surface area contributed by atoms with E-state index in [0.29, 0.717) is 12.3 Å². The summed E-state index contributed by atoms with van der Waals surface area (Å²) in [6.45, 7) is 3.98. The Hall–Kier alpha value is -1.06. The van der Waals surface area contributed by atoms with Crippen LogP contribution in [0.4, 0.5) is 0 Å². The number of hydrogen-bond acceptors (Lipinski definition) is 3. The molecule has 0 aromatic carbocycles. The molecule has 0 radical (unpaired) electrons. The summed E-state index contributed by atoms with van der Waals surface area (Å²) in [5.74, 6) is 0.681. The molecule has 0 aromatic rings. The topological polar surface area (TPSA) is 46.6 Å². The Balaban J connectivity index is 1.93. The molecule has 1 saturated heterocycles. The lowest BCUT2D eigenvalue weighted by molar-refractivity contribution is -0.149. The summed E-state index contributed by atoms with van der Waals surface area (Å²) in [6.07, 6.45) is 5.76. The van der Waals surface area contributed by atoms with Gasteiger partial charge in [-0.25, -0.2) is 0 Å². The van der Waals surface area contributed by atoms with Crippen molar-refractivity contribution in [2.75, 3.05) is 20.2 Å². The van der Waals surface area contributed by atoms with Crippen LogP contribution < -0.4 is 0 Å². The van der Waals surface area contributed by atoms with Gasteiger partial charge in [0.25, 0.3) is 0 Å². The van der Waals surface area contributed by atoms with Crippen molar-refractivity contribution in [3.8, 4) is 0 Å². The first kappa shape index (κ1) is 14.4. The van der Waals surface area contributed by atoms with Gasteiger partial charge in [-0.1, -0.05) is 13.3 Å². The van der Waals surface area contributed by atoms with Crippen LogP contribution in [0.1, 0.15) is 45.4 Å². The summed E-state index contributed by atoms with van der Waals surface area (Å²) in [6, 6.07) is 0. The number of hydrogen-bond donors (Lipinski definition) is 0. The van der Waals surface area contributed by atoms with Crippen LogP contribution in [0.15, 0.2) is 0 Å². The van der Waals surface area contributed by atoms with Crippen LogP contribution in [0.3, 0.4) is 0 Å². The number of carbonyl (C=O) groups excluding carboxylic acids is 2. The van der Waals surface area contributed by atoms with Crippen LogP contribution >= 0.6 is 0 Å². The molecule has 1 heterocycles. The third-order valence-corrected chi connectivity index (χ3v) is 4.53. The molecular weight excluding hydrogens is 242 g/mol. The zero-order valence-corrected chi connectivity index (χ0v) is 12.1. The van der Waals surface area contributed by atoms with Crippen LogP contribution in [0.5, 0.6) is 0 Å². The summed E-state index contributed by atoms with van der Waals surface area (Å²) in [7, 11) is 1.43. The average molecular weight is 267 g/mol. The van der Waals surface area contributed by atoms with E-state index in [1.165, 1.54) is 13.5 Å². The number of piperidine rings is 1. The molecule has 2 aliphatic rings. The first-order valence-electron chi connectivity index (χ1n) is 7.48. The van der Waals surface area contributed by atoms with Gasteiger partial charge in [-0.05, 0) is 38.0 Å². The van der Waals surface area contributed by atoms with Gasteiger partial charge in [-0.15, -0.1) is 0 Å². The second-order valence-corrected chi connectivity index (χ2v) is 6.12. The van der Waals surface area contributed by atoms with Crippen molar-refractivity contribution in [3.63, 3.8) is 0 Å². The average Bonchev–Trinajstić information content (AvgIpc) is 2.45. The molecule has 2 fully saturated rings. The molecular formula is C15H25NO3. The molecule has 0 aromatic heterocycles. The van der Waals surface area contributed by atoms with E-state index in [9.17, 15) is 9.59 Å². The number of ether oxygens (including phenoxy) is 1. The Morgan fingerprint density at radius 3 is 2.53 bits per heavy atom. The Bertz CT molecular complexity index is 342. The van der Waals surface area contributed by atoms with Crippen molar-refractivity contribution in [3.05, 3.63) is 0 Å². The molecule has 0 unspecified atom stereocenters. The summed E-state index contributed by atoms with van der Waals surface area (Å²) in [5, 5.41) is 0. The summed E-state index contributed by atoms with van der Waals surface area (Å²) in [5.41, 5.74) is 0. The highest BCUT2D eigenvalue weighted by atomic mass is 16.5. The van der Waals surface area contributed by atoms with E-state index in [2.05, 4.69) is 6.92 Å². The molecule has 0 N–H and O–H groups in total. The molecule has 1 aliphatic heterocycles. The highest BCUT2D eigenvalue weighted by Gasteiger charge is 2.34. The molecule has 4 nitrogen and oxygen atoms in total. The zero-order valence-electron chi connectivity index (χ0n) is 12.1. The Labute approximate surface area is 115 Å². The Morgan fingerprint density at radius 2 is 1.84 bits per heavy atom. The molecule has 3 atom stereocenters. The van der Waals surface area contributed by atoms with Crippen LogP contribution in [-0.4, -0.2) is 37.0 Å². The maximum Gasteiger partial charge on any atom is 0.308 e. The predicted octanol–water partition coefficient (Wildman–Crippen LogP) is 2.22. The number of carbonyl (C=O) groups is 2. The van der Waals surface area contributed by atoms with Crippen molar-refractivity contribution in [1.29, 1.82) is 0 Å². The van der Waals surface area contributed by atoms with E-state index in [0.717, 1.165) is 38.8 Å². The maximum absolute atomic E-state index is 12.5. The van der Waals surface area contributed by atoms with Crippen LogP contribution in [0.25, 0.3) is 0 Å². The predicted molar refractivity (Wildman–Crippen MR) is 72.4 cm³/mol. The Kier molecular flexibility index (Phi) is 4.83. The highest BCUT2D eigenvalue weighted by molar-refractivity contribution is 5.80. The third kappa shape index (κ3) is 3.48. The van der Waals surface area contributed by atoms with Gasteiger partial charge in [0.05, 0.1) is 13.0 Å². The lowest BCUT2D eigenvalue weighted by Gasteiger charge is -2.35. The van der Waals surface area contributed by atoms with Gasteiger partial charge in [0, 0.05) is 19.0 Å².